The summed E-state index contributed by atoms with van der Waals surface area (Å²) in [6.07, 6.45) is 10.6. The molecular formula is C17H32N2O. The minimum atomic E-state index is 0.239. The molecule has 20 heavy (non-hydrogen) atoms. The molecular weight excluding hydrogens is 248 g/mol. The molecule has 0 aromatic carbocycles. The molecule has 3 rings (SSSR count). The first-order valence-corrected chi connectivity index (χ1v) is 8.80. The predicted molar refractivity (Wildman–Crippen MR) is 82.7 cm³/mol. The lowest BCUT2D eigenvalue weighted by molar-refractivity contribution is -0.128. The molecule has 3 fully saturated rings. The number of piperidine rings is 1. The van der Waals surface area contributed by atoms with Gasteiger partial charge in [0, 0.05) is 19.2 Å². The number of likely N-dealkylation sites (tertiary alicyclic amines) is 1. The maximum Gasteiger partial charge on any atom is 0.0697 e. The second-order valence-electron chi connectivity index (χ2n) is 7.50. The Morgan fingerprint density at radius 2 is 2.00 bits per heavy atom. The van der Waals surface area contributed by atoms with Gasteiger partial charge in [0.2, 0.25) is 0 Å². The summed E-state index contributed by atoms with van der Waals surface area (Å²) in [5.41, 5.74) is 6.21. The van der Waals surface area contributed by atoms with Gasteiger partial charge in [-0.2, -0.15) is 0 Å². The van der Waals surface area contributed by atoms with E-state index in [2.05, 4.69) is 11.8 Å². The average molecular weight is 280 g/mol. The lowest BCUT2D eigenvalue weighted by atomic mass is 9.77. The molecule has 3 unspecified atom stereocenters. The van der Waals surface area contributed by atoms with Crippen molar-refractivity contribution in [3.8, 4) is 0 Å². The van der Waals surface area contributed by atoms with Gasteiger partial charge in [0.15, 0.2) is 0 Å². The molecule has 3 nitrogen and oxygen atoms in total. The zero-order valence-corrected chi connectivity index (χ0v) is 13.2. The number of hydrogen-bond acceptors (Lipinski definition) is 3. The van der Waals surface area contributed by atoms with Crippen LogP contribution in [-0.4, -0.2) is 42.8 Å². The highest BCUT2D eigenvalue weighted by molar-refractivity contribution is 4.94. The number of hydrogen-bond donors (Lipinski definition) is 1. The fourth-order valence-electron chi connectivity index (χ4n) is 4.67. The molecule has 2 aliphatic heterocycles. The molecule has 0 amide bonds. The molecule has 1 aliphatic carbocycles. The van der Waals surface area contributed by atoms with Crippen molar-refractivity contribution in [2.45, 2.75) is 69.9 Å². The highest BCUT2D eigenvalue weighted by Gasteiger charge is 2.41. The third-order valence-electron chi connectivity index (χ3n) is 6.20. The van der Waals surface area contributed by atoms with Crippen LogP contribution in [0.3, 0.4) is 0 Å². The van der Waals surface area contributed by atoms with Crippen LogP contribution in [-0.2, 0) is 4.74 Å². The zero-order chi connectivity index (χ0) is 14.0. The average Bonchev–Trinajstić information content (AvgIpc) is 2.48. The fourth-order valence-corrected chi connectivity index (χ4v) is 4.67. The van der Waals surface area contributed by atoms with Crippen molar-refractivity contribution in [3.63, 3.8) is 0 Å². The maximum atomic E-state index is 6.25. The first-order chi connectivity index (χ1) is 9.72. The molecule has 3 heteroatoms. The fraction of sp³-hybridized carbons (Fsp3) is 1.00. The van der Waals surface area contributed by atoms with Crippen molar-refractivity contribution < 1.29 is 4.74 Å². The molecule has 3 aliphatic rings. The summed E-state index contributed by atoms with van der Waals surface area (Å²) in [6.45, 7) is 6.70. The van der Waals surface area contributed by atoms with Crippen molar-refractivity contribution in [3.05, 3.63) is 0 Å². The van der Waals surface area contributed by atoms with E-state index in [1.807, 2.05) is 0 Å². The topological polar surface area (TPSA) is 38.5 Å². The zero-order valence-electron chi connectivity index (χ0n) is 13.2. The van der Waals surface area contributed by atoms with Crippen molar-refractivity contribution in [1.82, 2.24) is 4.90 Å². The van der Waals surface area contributed by atoms with E-state index >= 15 is 0 Å². The second-order valence-corrected chi connectivity index (χ2v) is 7.50. The van der Waals surface area contributed by atoms with Crippen LogP contribution in [0.2, 0.25) is 0 Å². The van der Waals surface area contributed by atoms with Crippen LogP contribution in [0.15, 0.2) is 0 Å². The van der Waals surface area contributed by atoms with Gasteiger partial charge in [-0.3, -0.25) is 4.90 Å². The van der Waals surface area contributed by atoms with Crippen LogP contribution in [0.5, 0.6) is 0 Å². The van der Waals surface area contributed by atoms with Gasteiger partial charge in [-0.25, -0.2) is 0 Å². The molecule has 116 valence electrons. The number of nitrogens with two attached hydrogens (primary N) is 1. The molecule has 1 spiro atoms. The van der Waals surface area contributed by atoms with E-state index in [9.17, 15) is 0 Å². The minimum Gasteiger partial charge on any atom is -0.375 e. The maximum absolute atomic E-state index is 6.25. The van der Waals surface area contributed by atoms with Crippen molar-refractivity contribution >= 4 is 0 Å². The van der Waals surface area contributed by atoms with E-state index in [4.69, 9.17) is 10.5 Å². The monoisotopic (exact) mass is 280 g/mol. The number of nitrogens with zero attached hydrogens (tertiary/aromatic N) is 1. The SMILES string of the molecule is CC1CCN(C2CCOC3(CCCCC3)C2)CC1CN. The van der Waals surface area contributed by atoms with Crippen molar-refractivity contribution in [2.75, 3.05) is 26.2 Å². The van der Waals surface area contributed by atoms with Crippen LogP contribution >= 0.6 is 0 Å². The normalized spacial score (nSPS) is 39.0. The Morgan fingerprint density at radius 1 is 1.20 bits per heavy atom. The Bertz CT molecular complexity index is 309. The summed E-state index contributed by atoms with van der Waals surface area (Å²) in [5, 5.41) is 0. The summed E-state index contributed by atoms with van der Waals surface area (Å²) in [4.78, 5) is 2.75. The third-order valence-corrected chi connectivity index (χ3v) is 6.20. The van der Waals surface area contributed by atoms with Crippen LogP contribution in [0.1, 0.15) is 58.3 Å². The summed E-state index contributed by atoms with van der Waals surface area (Å²) in [6, 6.07) is 0.753. The Morgan fingerprint density at radius 3 is 2.75 bits per heavy atom. The third kappa shape index (κ3) is 3.05. The van der Waals surface area contributed by atoms with Gasteiger partial charge in [0.25, 0.3) is 0 Å². The lowest BCUT2D eigenvalue weighted by Gasteiger charge is -2.49. The predicted octanol–water partition coefficient (Wildman–Crippen LogP) is 2.79. The summed E-state index contributed by atoms with van der Waals surface area (Å²) in [5.74, 6) is 1.51. The van der Waals surface area contributed by atoms with E-state index in [1.165, 1.54) is 64.5 Å². The largest absolute Gasteiger partial charge is 0.375 e. The first-order valence-electron chi connectivity index (χ1n) is 8.80. The molecule has 0 bridgehead atoms. The van der Waals surface area contributed by atoms with Gasteiger partial charge in [0.05, 0.1) is 5.60 Å². The van der Waals surface area contributed by atoms with Gasteiger partial charge in [-0.15, -0.1) is 0 Å². The Balaban J connectivity index is 1.61. The van der Waals surface area contributed by atoms with Crippen LogP contribution in [0, 0.1) is 11.8 Å². The highest BCUT2D eigenvalue weighted by Crippen LogP contribution is 2.40. The van der Waals surface area contributed by atoms with Crippen LogP contribution in [0.4, 0.5) is 0 Å². The van der Waals surface area contributed by atoms with E-state index in [0.29, 0.717) is 5.92 Å². The molecule has 2 N–H and O–H groups in total. The summed E-state index contributed by atoms with van der Waals surface area (Å²) >= 11 is 0. The Hall–Kier alpha value is -0.120. The molecule has 2 saturated heterocycles. The number of rotatable bonds is 2. The standard InChI is InChI=1S/C17H32N2O/c1-14-5-9-19(13-15(14)12-18)16-6-10-20-17(11-16)7-3-2-4-8-17/h14-16H,2-13,18H2,1H3. The van der Waals surface area contributed by atoms with E-state index < -0.39 is 0 Å². The quantitative estimate of drug-likeness (QED) is 0.845. The molecule has 0 radical (unpaired) electrons. The summed E-state index contributed by atoms with van der Waals surface area (Å²) in [7, 11) is 0. The van der Waals surface area contributed by atoms with Gasteiger partial charge in [0.1, 0.15) is 0 Å². The Kier molecular flexibility index (Phi) is 4.68. The lowest BCUT2D eigenvalue weighted by Crippen LogP contribution is -2.53. The van der Waals surface area contributed by atoms with Crippen molar-refractivity contribution in [1.29, 1.82) is 0 Å². The molecule has 1 saturated carbocycles. The smallest absolute Gasteiger partial charge is 0.0697 e. The Labute approximate surface area is 124 Å². The van der Waals surface area contributed by atoms with Gasteiger partial charge >= 0.3 is 0 Å². The molecule has 0 aromatic heterocycles. The van der Waals surface area contributed by atoms with Gasteiger partial charge in [-0.1, -0.05) is 26.2 Å². The van der Waals surface area contributed by atoms with Gasteiger partial charge in [-0.05, 0) is 57.0 Å². The first kappa shape index (κ1) is 14.8. The van der Waals surface area contributed by atoms with E-state index in [0.717, 1.165) is 25.1 Å². The number of ether oxygens (including phenoxy) is 1. The van der Waals surface area contributed by atoms with Crippen LogP contribution in [0.25, 0.3) is 0 Å². The van der Waals surface area contributed by atoms with E-state index in [1.54, 1.807) is 0 Å². The van der Waals surface area contributed by atoms with Crippen molar-refractivity contribution in [2.24, 2.45) is 17.6 Å². The molecule has 0 aromatic rings. The second kappa shape index (κ2) is 6.33. The molecule has 3 atom stereocenters. The van der Waals surface area contributed by atoms with Crippen LogP contribution < -0.4 is 5.73 Å². The van der Waals surface area contributed by atoms with Gasteiger partial charge < -0.3 is 10.5 Å². The minimum absolute atomic E-state index is 0.239. The summed E-state index contributed by atoms with van der Waals surface area (Å²) < 4.78 is 6.25. The highest BCUT2D eigenvalue weighted by atomic mass is 16.5. The van der Waals surface area contributed by atoms with E-state index in [-0.39, 0.29) is 5.60 Å². The molecule has 2 heterocycles.